The van der Waals surface area contributed by atoms with Crippen molar-refractivity contribution in [3.63, 3.8) is 0 Å². The van der Waals surface area contributed by atoms with Crippen molar-refractivity contribution in [1.82, 2.24) is 4.98 Å². The van der Waals surface area contributed by atoms with Crippen molar-refractivity contribution in [3.05, 3.63) is 38.8 Å². The second-order valence-corrected chi connectivity index (χ2v) is 6.50. The Morgan fingerprint density at radius 3 is 2.86 bits per heavy atom. The fourth-order valence-corrected chi connectivity index (χ4v) is 3.51. The minimum Gasteiger partial charge on any atom is -0.469 e. The van der Waals surface area contributed by atoms with Crippen LogP contribution in [0.3, 0.4) is 0 Å². The first-order valence-corrected chi connectivity index (χ1v) is 8.22. The first-order chi connectivity index (χ1) is 9.99. The Morgan fingerprint density at radius 1 is 1.43 bits per heavy atom. The van der Waals surface area contributed by atoms with Gasteiger partial charge in [-0.15, -0.1) is 11.3 Å². The molecule has 1 N–H and O–H groups in total. The quantitative estimate of drug-likeness (QED) is 0.795. The number of nitrogens with zero attached hydrogens (tertiary/aromatic N) is 1. The Bertz CT molecular complexity index is 632. The van der Waals surface area contributed by atoms with Crippen LogP contribution in [0.4, 0.5) is 10.8 Å². The third-order valence-corrected chi connectivity index (χ3v) is 4.46. The number of methoxy groups -OCH3 is 1. The summed E-state index contributed by atoms with van der Waals surface area (Å²) < 4.78 is 5.65. The van der Waals surface area contributed by atoms with Crippen molar-refractivity contribution < 1.29 is 9.53 Å². The number of halogens is 1. The normalized spacial score (nSPS) is 10.5. The molecular formula is C15H17BrN2O2S. The zero-order valence-corrected chi connectivity index (χ0v) is 14.6. The van der Waals surface area contributed by atoms with Crippen LogP contribution < -0.4 is 5.32 Å². The number of carbonyl (C=O) groups excluding carboxylic acids is 1. The fraction of sp³-hybridized carbons (Fsp3) is 0.333. The van der Waals surface area contributed by atoms with E-state index in [0.717, 1.165) is 26.5 Å². The van der Waals surface area contributed by atoms with Crippen molar-refractivity contribution in [3.8, 4) is 0 Å². The Labute approximate surface area is 136 Å². The van der Waals surface area contributed by atoms with E-state index in [1.54, 1.807) is 0 Å². The molecule has 2 aromatic rings. The van der Waals surface area contributed by atoms with Gasteiger partial charge in [0.15, 0.2) is 5.13 Å². The highest BCUT2D eigenvalue weighted by molar-refractivity contribution is 9.10. The lowest BCUT2D eigenvalue weighted by atomic mass is 10.1. The predicted molar refractivity (Wildman–Crippen MR) is 89.3 cm³/mol. The minimum atomic E-state index is -0.213. The van der Waals surface area contributed by atoms with Crippen molar-refractivity contribution in [2.24, 2.45) is 0 Å². The van der Waals surface area contributed by atoms with E-state index < -0.39 is 0 Å². The van der Waals surface area contributed by atoms with E-state index in [0.29, 0.717) is 12.8 Å². The molecule has 21 heavy (non-hydrogen) atoms. The van der Waals surface area contributed by atoms with Crippen molar-refractivity contribution in [2.45, 2.75) is 26.7 Å². The molecule has 0 aliphatic carbocycles. The van der Waals surface area contributed by atoms with Crippen LogP contribution in [-0.4, -0.2) is 18.1 Å². The Hall–Kier alpha value is -1.40. The topological polar surface area (TPSA) is 51.2 Å². The smallest absolute Gasteiger partial charge is 0.305 e. The lowest BCUT2D eigenvalue weighted by Gasteiger charge is -2.10. The van der Waals surface area contributed by atoms with Crippen LogP contribution >= 0.6 is 27.3 Å². The van der Waals surface area contributed by atoms with Crippen LogP contribution in [0.1, 0.15) is 23.2 Å². The van der Waals surface area contributed by atoms with Gasteiger partial charge in [0.25, 0.3) is 0 Å². The molecule has 0 spiro atoms. The zero-order chi connectivity index (χ0) is 15.4. The maximum Gasteiger partial charge on any atom is 0.305 e. The van der Waals surface area contributed by atoms with Gasteiger partial charge in [-0.05, 0) is 47.0 Å². The lowest BCUT2D eigenvalue weighted by molar-refractivity contribution is -0.140. The van der Waals surface area contributed by atoms with Crippen LogP contribution in [-0.2, 0) is 16.0 Å². The van der Waals surface area contributed by atoms with Gasteiger partial charge in [-0.3, -0.25) is 4.79 Å². The molecule has 4 nitrogen and oxygen atoms in total. The second kappa shape index (κ2) is 7.04. The van der Waals surface area contributed by atoms with Crippen LogP contribution in [0, 0.1) is 13.8 Å². The number of thiazole rings is 1. The third-order valence-electron chi connectivity index (χ3n) is 3.03. The number of hydrogen-bond acceptors (Lipinski definition) is 5. The van der Waals surface area contributed by atoms with Gasteiger partial charge in [-0.2, -0.15) is 0 Å². The molecule has 0 radical (unpaired) electrons. The number of rotatable bonds is 5. The van der Waals surface area contributed by atoms with Crippen LogP contribution in [0.15, 0.2) is 22.0 Å². The molecule has 0 aliphatic rings. The molecule has 0 fully saturated rings. The molecule has 112 valence electrons. The molecule has 2 rings (SSSR count). The Kier molecular flexibility index (Phi) is 5.36. The summed E-state index contributed by atoms with van der Waals surface area (Å²) in [5.41, 5.74) is 4.29. The summed E-state index contributed by atoms with van der Waals surface area (Å²) in [7, 11) is 1.40. The van der Waals surface area contributed by atoms with Crippen LogP contribution in [0.2, 0.25) is 0 Å². The third kappa shape index (κ3) is 4.28. The van der Waals surface area contributed by atoms with E-state index in [2.05, 4.69) is 56.9 Å². The highest BCUT2D eigenvalue weighted by Gasteiger charge is 2.09. The monoisotopic (exact) mass is 368 g/mol. The highest BCUT2D eigenvalue weighted by Crippen LogP contribution is 2.31. The van der Waals surface area contributed by atoms with E-state index in [1.165, 1.54) is 24.0 Å². The molecule has 0 saturated heterocycles. The summed E-state index contributed by atoms with van der Waals surface area (Å²) in [5.74, 6) is -0.213. The number of esters is 1. The average Bonchev–Trinajstić information content (AvgIpc) is 2.88. The molecule has 1 aromatic carbocycles. The number of hydrogen-bond donors (Lipinski definition) is 1. The van der Waals surface area contributed by atoms with E-state index in [4.69, 9.17) is 0 Å². The minimum absolute atomic E-state index is 0.213. The maximum absolute atomic E-state index is 11.1. The summed E-state index contributed by atoms with van der Waals surface area (Å²) in [6.45, 7) is 4.13. The molecule has 0 saturated carbocycles. The largest absolute Gasteiger partial charge is 0.469 e. The molecule has 1 heterocycles. The summed E-state index contributed by atoms with van der Waals surface area (Å²) >= 11 is 5.10. The number of nitrogens with one attached hydrogen (secondary N) is 1. The van der Waals surface area contributed by atoms with Crippen molar-refractivity contribution in [2.75, 3.05) is 12.4 Å². The fourth-order valence-electron chi connectivity index (χ4n) is 1.99. The Morgan fingerprint density at radius 2 is 2.19 bits per heavy atom. The van der Waals surface area contributed by atoms with Gasteiger partial charge in [0.1, 0.15) is 0 Å². The zero-order valence-electron chi connectivity index (χ0n) is 12.2. The number of ether oxygens (including phenoxy) is 1. The summed E-state index contributed by atoms with van der Waals surface area (Å²) in [5, 5.41) is 6.12. The Balaban J connectivity index is 2.08. The van der Waals surface area contributed by atoms with Gasteiger partial charge in [-0.25, -0.2) is 4.98 Å². The molecule has 0 unspecified atom stereocenters. The van der Waals surface area contributed by atoms with Gasteiger partial charge >= 0.3 is 5.97 Å². The SMILES string of the molecule is COC(=O)CCc1csc(Nc2c(C)cc(C)cc2Br)n1. The van der Waals surface area contributed by atoms with Gasteiger partial charge in [-0.1, -0.05) is 6.07 Å². The van der Waals surface area contributed by atoms with E-state index in [9.17, 15) is 4.79 Å². The second-order valence-electron chi connectivity index (χ2n) is 4.78. The number of aromatic nitrogens is 1. The molecule has 0 bridgehead atoms. The number of carbonyl (C=O) groups is 1. The van der Waals surface area contributed by atoms with Crippen LogP contribution in [0.5, 0.6) is 0 Å². The lowest BCUT2D eigenvalue weighted by Crippen LogP contribution is -2.02. The number of benzene rings is 1. The van der Waals surface area contributed by atoms with Gasteiger partial charge < -0.3 is 10.1 Å². The average molecular weight is 369 g/mol. The molecule has 0 amide bonds. The maximum atomic E-state index is 11.1. The molecular weight excluding hydrogens is 352 g/mol. The van der Waals surface area contributed by atoms with Gasteiger partial charge in [0.05, 0.1) is 24.9 Å². The molecule has 0 aliphatic heterocycles. The predicted octanol–water partition coefficient (Wildman–Crippen LogP) is 4.37. The first kappa shape index (κ1) is 16.0. The molecule has 6 heteroatoms. The summed E-state index contributed by atoms with van der Waals surface area (Å²) in [6, 6.07) is 4.19. The van der Waals surface area contributed by atoms with Crippen LogP contribution in [0.25, 0.3) is 0 Å². The highest BCUT2D eigenvalue weighted by atomic mass is 79.9. The van der Waals surface area contributed by atoms with E-state index >= 15 is 0 Å². The van der Waals surface area contributed by atoms with Crippen molar-refractivity contribution in [1.29, 1.82) is 0 Å². The van der Waals surface area contributed by atoms with Crippen molar-refractivity contribution >= 4 is 44.1 Å². The summed E-state index contributed by atoms with van der Waals surface area (Å²) in [4.78, 5) is 15.6. The van der Waals surface area contributed by atoms with E-state index in [-0.39, 0.29) is 5.97 Å². The first-order valence-electron chi connectivity index (χ1n) is 6.54. The molecule has 0 atom stereocenters. The summed E-state index contributed by atoms with van der Waals surface area (Å²) in [6.07, 6.45) is 0.950. The van der Waals surface area contributed by atoms with E-state index in [1.807, 2.05) is 5.38 Å². The standard InChI is InChI=1S/C15H17BrN2O2S/c1-9-6-10(2)14(12(16)7-9)18-15-17-11(8-21-15)4-5-13(19)20-3/h6-8H,4-5H2,1-3H3,(H,17,18). The van der Waals surface area contributed by atoms with Gasteiger partial charge in [0.2, 0.25) is 0 Å². The number of anilines is 2. The number of aryl methyl sites for hydroxylation is 3. The molecule has 1 aromatic heterocycles. The van der Waals surface area contributed by atoms with Gasteiger partial charge in [0, 0.05) is 16.3 Å².